The summed E-state index contributed by atoms with van der Waals surface area (Å²) in [5.74, 6) is -1.83. The van der Waals surface area contributed by atoms with Crippen molar-refractivity contribution >= 4 is 16.0 Å². The van der Waals surface area contributed by atoms with Gasteiger partial charge in [-0.05, 0) is 32.6 Å². The lowest BCUT2D eigenvalue weighted by atomic mass is 9.86. The predicted molar refractivity (Wildman–Crippen MR) is 82.5 cm³/mol. The highest BCUT2D eigenvalue weighted by Gasteiger charge is 2.31. The van der Waals surface area contributed by atoms with Gasteiger partial charge in [0.15, 0.2) is 0 Å². The molecular formula is C14H23N3O5S. The Bertz CT molecular complexity index is 635. The van der Waals surface area contributed by atoms with E-state index in [-0.39, 0.29) is 23.4 Å². The summed E-state index contributed by atoms with van der Waals surface area (Å²) in [7, 11) is -3.77. The summed E-state index contributed by atoms with van der Waals surface area (Å²) in [5, 5.41) is 13.4. The number of nitrogens with one attached hydrogen (secondary N) is 1. The van der Waals surface area contributed by atoms with Gasteiger partial charge in [-0.2, -0.15) is 5.10 Å². The van der Waals surface area contributed by atoms with Crippen LogP contribution >= 0.6 is 0 Å². The molecule has 0 aromatic carbocycles. The minimum atomic E-state index is -3.77. The number of aliphatic carboxylic acids is 1. The molecule has 8 nitrogen and oxygen atoms in total. The van der Waals surface area contributed by atoms with E-state index in [2.05, 4.69) is 9.82 Å². The number of nitrogens with zero attached hydrogens (tertiary/aromatic N) is 2. The normalized spacial score (nSPS) is 18.2. The van der Waals surface area contributed by atoms with Crippen molar-refractivity contribution in [2.24, 2.45) is 11.8 Å². The average molecular weight is 345 g/mol. The summed E-state index contributed by atoms with van der Waals surface area (Å²) < 4.78 is 33.8. The third-order valence-corrected chi connectivity index (χ3v) is 5.44. The van der Waals surface area contributed by atoms with Crippen molar-refractivity contribution in [3.8, 4) is 0 Å². The Labute approximate surface area is 135 Å². The maximum atomic E-state index is 12.3. The average Bonchev–Trinajstić information content (AvgIpc) is 2.99. The van der Waals surface area contributed by atoms with E-state index in [0.717, 1.165) is 0 Å². The molecule has 0 radical (unpaired) electrons. The third kappa shape index (κ3) is 4.52. The fourth-order valence-electron chi connectivity index (χ4n) is 2.60. The van der Waals surface area contributed by atoms with Gasteiger partial charge in [-0.15, -0.1) is 0 Å². The second kappa shape index (κ2) is 7.41. The molecule has 9 heteroatoms. The number of carbonyl (C=O) groups is 1. The van der Waals surface area contributed by atoms with Crippen LogP contribution < -0.4 is 4.72 Å². The topological polar surface area (TPSA) is 111 Å². The molecule has 0 bridgehead atoms. The van der Waals surface area contributed by atoms with Crippen molar-refractivity contribution in [3.63, 3.8) is 0 Å². The van der Waals surface area contributed by atoms with E-state index in [4.69, 9.17) is 4.74 Å². The third-order valence-electron chi connectivity index (χ3n) is 4.06. The van der Waals surface area contributed by atoms with E-state index >= 15 is 0 Å². The first-order valence-electron chi connectivity index (χ1n) is 7.65. The molecule has 1 aromatic heterocycles. The lowest BCUT2D eigenvalue weighted by Gasteiger charge is -2.27. The van der Waals surface area contributed by atoms with Crippen LogP contribution in [0, 0.1) is 11.8 Å². The van der Waals surface area contributed by atoms with Gasteiger partial charge in [0.05, 0.1) is 12.1 Å². The number of hydrogen-bond acceptors (Lipinski definition) is 5. The van der Waals surface area contributed by atoms with Gasteiger partial charge in [-0.25, -0.2) is 13.1 Å². The van der Waals surface area contributed by atoms with Crippen molar-refractivity contribution in [2.75, 3.05) is 19.8 Å². The number of carboxylic acid groups (broad SMARTS) is 1. The molecule has 0 saturated carbocycles. The number of hydrogen-bond donors (Lipinski definition) is 2. The molecule has 2 heterocycles. The van der Waals surface area contributed by atoms with E-state index in [1.807, 2.05) is 13.8 Å². The molecule has 0 spiro atoms. The Morgan fingerprint density at radius 3 is 2.65 bits per heavy atom. The summed E-state index contributed by atoms with van der Waals surface area (Å²) >= 11 is 0. The Kier molecular flexibility index (Phi) is 5.77. The van der Waals surface area contributed by atoms with Crippen LogP contribution in [0.15, 0.2) is 17.3 Å². The fourth-order valence-corrected chi connectivity index (χ4v) is 3.60. The van der Waals surface area contributed by atoms with E-state index in [1.165, 1.54) is 12.4 Å². The van der Waals surface area contributed by atoms with Crippen LogP contribution in [0.3, 0.4) is 0 Å². The molecule has 1 saturated heterocycles. The molecule has 2 rings (SSSR count). The van der Waals surface area contributed by atoms with Crippen molar-refractivity contribution in [1.82, 2.24) is 14.5 Å². The molecule has 0 aliphatic carbocycles. The van der Waals surface area contributed by atoms with Gasteiger partial charge < -0.3 is 9.84 Å². The molecule has 1 aliphatic heterocycles. The molecule has 1 aromatic rings. The predicted octanol–water partition coefficient (Wildman–Crippen LogP) is 0.870. The van der Waals surface area contributed by atoms with Crippen LogP contribution in [-0.4, -0.2) is 49.0 Å². The molecule has 0 amide bonds. The van der Waals surface area contributed by atoms with Gasteiger partial charge >= 0.3 is 5.97 Å². The van der Waals surface area contributed by atoms with Gasteiger partial charge in [0.25, 0.3) is 0 Å². The summed E-state index contributed by atoms with van der Waals surface area (Å²) in [6.45, 7) is 4.69. The highest BCUT2D eigenvalue weighted by atomic mass is 32.2. The van der Waals surface area contributed by atoms with Crippen molar-refractivity contribution < 1.29 is 23.1 Å². The van der Waals surface area contributed by atoms with Crippen LogP contribution in [0.1, 0.15) is 32.7 Å². The molecule has 2 N–H and O–H groups in total. The first-order chi connectivity index (χ1) is 10.8. The van der Waals surface area contributed by atoms with E-state index in [1.54, 1.807) is 4.68 Å². The Morgan fingerprint density at radius 1 is 1.48 bits per heavy atom. The SMILES string of the molecule is CC(C)n1cc(S(=O)(=O)NCC(C(=O)O)C2CCOCC2)cn1. The standard InChI is InChI=1S/C14H23N3O5S/c1-10(2)17-9-12(7-15-17)23(20,21)16-8-13(14(18)19)11-3-5-22-6-4-11/h7,9-11,13,16H,3-6,8H2,1-2H3,(H,18,19). The molecule has 1 aliphatic rings. The van der Waals surface area contributed by atoms with Crippen molar-refractivity contribution in [3.05, 3.63) is 12.4 Å². The molecule has 1 atom stereocenters. The molecular weight excluding hydrogens is 322 g/mol. The largest absolute Gasteiger partial charge is 0.481 e. The fraction of sp³-hybridized carbons (Fsp3) is 0.714. The van der Waals surface area contributed by atoms with Crippen LogP contribution in [0.25, 0.3) is 0 Å². The zero-order valence-corrected chi connectivity index (χ0v) is 14.1. The minimum Gasteiger partial charge on any atom is -0.481 e. The van der Waals surface area contributed by atoms with Gasteiger partial charge in [-0.1, -0.05) is 0 Å². The highest BCUT2D eigenvalue weighted by Crippen LogP contribution is 2.24. The molecule has 130 valence electrons. The summed E-state index contributed by atoms with van der Waals surface area (Å²) in [6, 6.07) is 0.0490. The van der Waals surface area contributed by atoms with E-state index in [0.29, 0.717) is 26.1 Å². The minimum absolute atomic E-state index is 0.0438. The number of carboxylic acids is 1. The second-order valence-corrected chi connectivity index (χ2v) is 7.76. The first kappa shape index (κ1) is 17.9. The number of ether oxygens (including phenoxy) is 1. The van der Waals surface area contributed by atoms with Gasteiger partial charge in [-0.3, -0.25) is 9.48 Å². The summed E-state index contributed by atoms with van der Waals surface area (Å²) in [5.41, 5.74) is 0. The number of sulfonamides is 1. The van der Waals surface area contributed by atoms with Crippen LogP contribution in [-0.2, 0) is 19.6 Å². The summed E-state index contributed by atoms with van der Waals surface area (Å²) in [6.07, 6.45) is 3.97. The Balaban J connectivity index is 2.04. The van der Waals surface area contributed by atoms with Crippen LogP contribution in [0.5, 0.6) is 0 Å². The highest BCUT2D eigenvalue weighted by molar-refractivity contribution is 7.89. The monoisotopic (exact) mass is 345 g/mol. The first-order valence-corrected chi connectivity index (χ1v) is 9.14. The Morgan fingerprint density at radius 2 is 2.13 bits per heavy atom. The Hall–Kier alpha value is -1.45. The molecule has 1 unspecified atom stereocenters. The lowest BCUT2D eigenvalue weighted by Crippen LogP contribution is -2.38. The lowest BCUT2D eigenvalue weighted by molar-refractivity contribution is -0.144. The molecule has 23 heavy (non-hydrogen) atoms. The van der Waals surface area contributed by atoms with Gasteiger partial charge in [0.2, 0.25) is 10.0 Å². The van der Waals surface area contributed by atoms with Gasteiger partial charge in [0, 0.05) is 32.0 Å². The smallest absolute Gasteiger partial charge is 0.308 e. The van der Waals surface area contributed by atoms with Crippen molar-refractivity contribution in [2.45, 2.75) is 37.6 Å². The summed E-state index contributed by atoms with van der Waals surface area (Å²) in [4.78, 5) is 11.5. The van der Waals surface area contributed by atoms with Crippen LogP contribution in [0.2, 0.25) is 0 Å². The molecule has 1 fully saturated rings. The quantitative estimate of drug-likeness (QED) is 0.759. The second-order valence-electron chi connectivity index (χ2n) is 6.00. The van der Waals surface area contributed by atoms with Gasteiger partial charge in [0.1, 0.15) is 4.90 Å². The number of aromatic nitrogens is 2. The zero-order chi connectivity index (χ0) is 17.0. The number of rotatable bonds is 7. The van der Waals surface area contributed by atoms with E-state index in [9.17, 15) is 18.3 Å². The maximum absolute atomic E-state index is 12.3. The van der Waals surface area contributed by atoms with E-state index < -0.39 is 21.9 Å². The van der Waals surface area contributed by atoms with Crippen molar-refractivity contribution in [1.29, 1.82) is 0 Å². The maximum Gasteiger partial charge on any atom is 0.308 e. The van der Waals surface area contributed by atoms with Crippen LogP contribution in [0.4, 0.5) is 0 Å². The zero-order valence-electron chi connectivity index (χ0n) is 13.3.